The van der Waals surface area contributed by atoms with Crippen molar-refractivity contribution in [1.82, 2.24) is 15.2 Å². The van der Waals surface area contributed by atoms with Gasteiger partial charge >= 0.3 is 12.2 Å². The van der Waals surface area contributed by atoms with E-state index in [0.717, 1.165) is 17.0 Å². The molecule has 0 saturated carbocycles. The van der Waals surface area contributed by atoms with Crippen molar-refractivity contribution in [2.24, 2.45) is 0 Å². The van der Waals surface area contributed by atoms with Gasteiger partial charge in [0, 0.05) is 11.8 Å². The zero-order valence-electron chi connectivity index (χ0n) is 12.7. The lowest BCUT2D eigenvalue weighted by Crippen LogP contribution is -2.30. The number of hydrogen-bond donors (Lipinski definition) is 1. The number of carbonyl (C=O) groups is 2. The van der Waals surface area contributed by atoms with Gasteiger partial charge in [-0.3, -0.25) is 9.69 Å². The Morgan fingerprint density at radius 3 is 2.68 bits per heavy atom. The monoisotopic (exact) mass is 351 g/mol. The zero-order chi connectivity index (χ0) is 18.0. The van der Waals surface area contributed by atoms with Crippen LogP contribution < -0.4 is 10.1 Å². The van der Waals surface area contributed by atoms with Crippen LogP contribution in [0, 0.1) is 0 Å². The van der Waals surface area contributed by atoms with Crippen LogP contribution >= 0.6 is 0 Å². The minimum absolute atomic E-state index is 0.0225. The molecular formula is C16H12F3N3O3. The molecule has 1 aromatic heterocycles. The fourth-order valence-electron chi connectivity index (χ4n) is 2.27. The first-order valence-corrected chi connectivity index (χ1v) is 7.22. The molecule has 1 saturated heterocycles. The maximum atomic E-state index is 12.8. The number of nitrogens with one attached hydrogen (secondary N) is 1. The van der Waals surface area contributed by atoms with Gasteiger partial charge in [0.15, 0.2) is 0 Å². The van der Waals surface area contributed by atoms with Crippen molar-refractivity contribution in [3.05, 3.63) is 53.7 Å². The molecule has 0 aliphatic carbocycles. The highest BCUT2D eigenvalue weighted by atomic mass is 19.4. The van der Waals surface area contributed by atoms with E-state index < -0.39 is 23.7 Å². The molecule has 25 heavy (non-hydrogen) atoms. The highest BCUT2D eigenvalue weighted by Gasteiger charge is 2.31. The Morgan fingerprint density at radius 2 is 2.00 bits per heavy atom. The van der Waals surface area contributed by atoms with Gasteiger partial charge in [0.05, 0.1) is 18.7 Å². The summed E-state index contributed by atoms with van der Waals surface area (Å²) >= 11 is 0. The zero-order valence-corrected chi connectivity index (χ0v) is 12.7. The highest BCUT2D eigenvalue weighted by Crippen LogP contribution is 2.33. The van der Waals surface area contributed by atoms with Gasteiger partial charge in [0.2, 0.25) is 11.8 Å². The van der Waals surface area contributed by atoms with E-state index in [1.54, 1.807) is 12.1 Å². The number of ether oxygens (including phenoxy) is 1. The van der Waals surface area contributed by atoms with Crippen molar-refractivity contribution in [1.29, 1.82) is 0 Å². The lowest BCUT2D eigenvalue weighted by Gasteiger charge is -2.15. The van der Waals surface area contributed by atoms with Gasteiger partial charge in [0.25, 0.3) is 0 Å². The lowest BCUT2D eigenvalue weighted by molar-refractivity contribution is -0.137. The molecule has 0 bridgehead atoms. The number of urea groups is 1. The Labute approximate surface area is 140 Å². The number of rotatable bonds is 4. The van der Waals surface area contributed by atoms with Crippen LogP contribution in [0.1, 0.15) is 11.1 Å². The maximum absolute atomic E-state index is 12.8. The topological polar surface area (TPSA) is 71.5 Å². The highest BCUT2D eigenvalue weighted by molar-refractivity contribution is 6.01. The molecule has 1 N–H and O–H groups in total. The Hall–Kier alpha value is -3.10. The first kappa shape index (κ1) is 16.7. The van der Waals surface area contributed by atoms with E-state index in [1.165, 1.54) is 18.3 Å². The second-order valence-electron chi connectivity index (χ2n) is 5.23. The van der Waals surface area contributed by atoms with Crippen molar-refractivity contribution in [3.8, 4) is 11.6 Å². The van der Waals surface area contributed by atoms with Crippen molar-refractivity contribution < 1.29 is 27.5 Å². The van der Waals surface area contributed by atoms with Crippen LogP contribution in [0.2, 0.25) is 0 Å². The third-order valence-corrected chi connectivity index (χ3v) is 3.49. The number of nitrogens with zero attached hydrogens (tertiary/aromatic N) is 2. The number of halogens is 3. The summed E-state index contributed by atoms with van der Waals surface area (Å²) in [6.45, 7) is -0.185. The number of carbonyl (C=O) groups excluding carboxylic acids is 2. The molecule has 2 heterocycles. The van der Waals surface area contributed by atoms with Gasteiger partial charge < -0.3 is 10.1 Å². The van der Waals surface area contributed by atoms with Gasteiger partial charge in [-0.15, -0.1) is 0 Å². The average molecular weight is 351 g/mol. The fraction of sp³-hybridized carbons (Fsp3) is 0.188. The van der Waals surface area contributed by atoms with E-state index >= 15 is 0 Å². The number of hydrogen-bond acceptors (Lipinski definition) is 4. The second-order valence-corrected chi connectivity index (χ2v) is 5.23. The van der Waals surface area contributed by atoms with Crippen molar-refractivity contribution in [2.75, 3.05) is 6.54 Å². The maximum Gasteiger partial charge on any atom is 0.416 e. The summed E-state index contributed by atoms with van der Waals surface area (Å²) in [5.41, 5.74) is -0.457. The van der Waals surface area contributed by atoms with Crippen LogP contribution in [-0.2, 0) is 17.5 Å². The molecule has 130 valence electrons. The Morgan fingerprint density at radius 1 is 1.20 bits per heavy atom. The van der Waals surface area contributed by atoms with Gasteiger partial charge in [-0.1, -0.05) is 12.1 Å². The van der Waals surface area contributed by atoms with E-state index in [4.69, 9.17) is 4.74 Å². The smallest absolute Gasteiger partial charge is 0.416 e. The molecule has 3 rings (SSSR count). The molecule has 0 radical (unpaired) electrons. The van der Waals surface area contributed by atoms with Crippen molar-refractivity contribution >= 4 is 11.9 Å². The standard InChI is InChI=1S/C16H12F3N3O3/c17-16(18,19)11-4-1-5-12(7-11)25-14-10(3-2-6-20-14)9-22-13(23)8-21-15(22)24/h1-7H,8-9H2,(H,21,24). The summed E-state index contributed by atoms with van der Waals surface area (Å²) < 4.78 is 43.8. The molecule has 2 aromatic rings. The number of alkyl halides is 3. The van der Waals surface area contributed by atoms with Crippen LogP contribution in [0.3, 0.4) is 0 Å². The van der Waals surface area contributed by atoms with Crippen LogP contribution in [0.4, 0.5) is 18.0 Å². The number of benzene rings is 1. The van der Waals surface area contributed by atoms with Gasteiger partial charge in [-0.05, 0) is 24.3 Å². The molecule has 1 aliphatic rings. The van der Waals surface area contributed by atoms with E-state index in [2.05, 4.69) is 10.3 Å². The predicted octanol–water partition coefficient (Wildman–Crippen LogP) is 2.94. The normalized spacial score (nSPS) is 14.6. The summed E-state index contributed by atoms with van der Waals surface area (Å²) in [4.78, 5) is 28.3. The second kappa shape index (κ2) is 6.42. The summed E-state index contributed by atoms with van der Waals surface area (Å²) in [5.74, 6) is -0.430. The molecule has 0 atom stereocenters. The summed E-state index contributed by atoms with van der Waals surface area (Å²) in [6, 6.07) is 6.98. The number of amides is 3. The van der Waals surface area contributed by atoms with Crippen LogP contribution in [0.5, 0.6) is 11.6 Å². The van der Waals surface area contributed by atoms with E-state index in [9.17, 15) is 22.8 Å². The van der Waals surface area contributed by atoms with Crippen molar-refractivity contribution in [3.63, 3.8) is 0 Å². The number of pyridine rings is 1. The van der Waals surface area contributed by atoms with Crippen LogP contribution in [0.25, 0.3) is 0 Å². The molecule has 3 amide bonds. The summed E-state index contributed by atoms with van der Waals surface area (Å²) in [6.07, 6.45) is -3.09. The quantitative estimate of drug-likeness (QED) is 0.860. The van der Waals surface area contributed by atoms with E-state index in [1.807, 2.05) is 0 Å². The Bertz CT molecular complexity index is 808. The Balaban J connectivity index is 1.84. The van der Waals surface area contributed by atoms with Gasteiger partial charge in [-0.2, -0.15) is 13.2 Å². The minimum Gasteiger partial charge on any atom is -0.439 e. The molecule has 1 aliphatic heterocycles. The van der Waals surface area contributed by atoms with Crippen LogP contribution in [-0.4, -0.2) is 28.4 Å². The number of aromatic nitrogens is 1. The Kier molecular flexibility index (Phi) is 4.30. The van der Waals surface area contributed by atoms with Crippen molar-refractivity contribution in [2.45, 2.75) is 12.7 Å². The SMILES string of the molecule is O=C1CNC(=O)N1Cc1cccnc1Oc1cccc(C(F)(F)F)c1. The third-order valence-electron chi connectivity index (χ3n) is 3.49. The molecule has 1 aromatic carbocycles. The molecule has 6 nitrogen and oxygen atoms in total. The summed E-state index contributed by atoms with van der Waals surface area (Å²) in [5, 5.41) is 2.38. The first-order chi connectivity index (χ1) is 11.8. The lowest BCUT2D eigenvalue weighted by atomic mass is 10.2. The summed E-state index contributed by atoms with van der Waals surface area (Å²) in [7, 11) is 0. The average Bonchev–Trinajstić information content (AvgIpc) is 2.88. The minimum atomic E-state index is -4.49. The molecule has 0 spiro atoms. The molecule has 0 unspecified atom stereocenters. The van der Waals surface area contributed by atoms with E-state index in [-0.39, 0.29) is 24.7 Å². The van der Waals surface area contributed by atoms with Gasteiger partial charge in [0.1, 0.15) is 5.75 Å². The van der Waals surface area contributed by atoms with E-state index in [0.29, 0.717) is 5.56 Å². The fourth-order valence-corrected chi connectivity index (χ4v) is 2.27. The molecular weight excluding hydrogens is 339 g/mol. The number of imide groups is 1. The third kappa shape index (κ3) is 3.70. The molecule has 1 fully saturated rings. The van der Waals surface area contributed by atoms with Crippen LogP contribution in [0.15, 0.2) is 42.6 Å². The van der Waals surface area contributed by atoms with Gasteiger partial charge in [-0.25, -0.2) is 9.78 Å². The largest absolute Gasteiger partial charge is 0.439 e. The molecule has 9 heteroatoms. The first-order valence-electron chi connectivity index (χ1n) is 7.22. The predicted molar refractivity (Wildman–Crippen MR) is 79.7 cm³/mol.